The summed E-state index contributed by atoms with van der Waals surface area (Å²) in [5.41, 5.74) is 4.26. The summed E-state index contributed by atoms with van der Waals surface area (Å²) in [6.45, 7) is 6.26. The lowest BCUT2D eigenvalue weighted by atomic mass is 9.97. The third-order valence-electron chi connectivity index (χ3n) is 4.48. The number of nitrogens with one attached hydrogen (secondary N) is 1. The average Bonchev–Trinajstić information content (AvgIpc) is 2.88. The molecule has 1 unspecified atom stereocenters. The molecule has 0 spiro atoms. The number of amides is 1. The lowest BCUT2D eigenvalue weighted by molar-refractivity contribution is 0.100. The van der Waals surface area contributed by atoms with Gasteiger partial charge in [-0.15, -0.1) is 4.91 Å². The van der Waals surface area contributed by atoms with Gasteiger partial charge in [-0.3, -0.25) is 4.79 Å². The van der Waals surface area contributed by atoms with Gasteiger partial charge in [0.2, 0.25) is 0 Å². The number of aromatic nitrogens is 2. The summed E-state index contributed by atoms with van der Waals surface area (Å²) < 4.78 is 1.77. The molecule has 0 saturated carbocycles. The van der Waals surface area contributed by atoms with Crippen molar-refractivity contribution in [3.05, 3.63) is 51.8 Å². The largest absolute Gasteiger partial charge is 0.392 e. The summed E-state index contributed by atoms with van der Waals surface area (Å²) in [7, 11) is 0. The summed E-state index contributed by atoms with van der Waals surface area (Å²) in [6.07, 6.45) is 6.92. The maximum absolute atomic E-state index is 12.2. The number of hydrogen-bond donors (Lipinski definition) is 2. The van der Waals surface area contributed by atoms with E-state index in [0.29, 0.717) is 23.3 Å². The van der Waals surface area contributed by atoms with Crippen molar-refractivity contribution >= 4 is 22.5 Å². The third kappa shape index (κ3) is 2.87. The van der Waals surface area contributed by atoms with Crippen molar-refractivity contribution in [1.29, 1.82) is 0 Å². The molecule has 7 heteroatoms. The van der Waals surface area contributed by atoms with E-state index in [0.717, 1.165) is 16.7 Å². The van der Waals surface area contributed by atoms with E-state index in [1.54, 1.807) is 24.6 Å². The number of dihydropyridines is 1. The van der Waals surface area contributed by atoms with Gasteiger partial charge >= 0.3 is 5.91 Å². The van der Waals surface area contributed by atoms with Gasteiger partial charge in [0, 0.05) is 34.6 Å². The van der Waals surface area contributed by atoms with Crippen molar-refractivity contribution in [1.82, 2.24) is 14.9 Å². The molecule has 2 N–H and O–H groups in total. The molecular weight excluding hydrogens is 320 g/mol. The van der Waals surface area contributed by atoms with Crippen molar-refractivity contribution in [3.63, 3.8) is 0 Å². The van der Waals surface area contributed by atoms with Crippen LogP contribution in [0.25, 0.3) is 16.6 Å². The number of fused-ring (bicyclic) bond motifs is 1. The molecule has 1 aliphatic heterocycles. The smallest absolute Gasteiger partial charge is 0.319 e. The Kier molecular flexibility index (Phi) is 4.50. The minimum atomic E-state index is -0.815. The van der Waals surface area contributed by atoms with Gasteiger partial charge in [0.15, 0.2) is 0 Å². The van der Waals surface area contributed by atoms with Crippen LogP contribution in [0.1, 0.15) is 34.1 Å². The zero-order chi connectivity index (χ0) is 18.1. The summed E-state index contributed by atoms with van der Waals surface area (Å²) in [5, 5.41) is 16.2. The second-order valence-electron chi connectivity index (χ2n) is 6.24. The number of carbonyl (C=O) groups is 1. The lowest BCUT2D eigenvalue weighted by Gasteiger charge is -2.15. The fraction of sp³-hybridized carbons (Fsp3) is 0.333. The normalized spacial score (nSPS) is 15.0. The standard InChI is InChI=1S/C18H20N4O3/c1-10(23)9-22-12(3)16(18(24)21-25)15-11(2)14(8-20-17(15)22)13-5-4-6-19-7-13/h4-6,8,10,19,23H,7,9H2,1-3H3. The molecule has 0 fully saturated rings. The molecular formula is C18H20N4O3. The molecule has 1 amide bonds. The first-order valence-corrected chi connectivity index (χ1v) is 8.09. The average molecular weight is 340 g/mol. The zero-order valence-corrected chi connectivity index (χ0v) is 14.4. The molecule has 2 aromatic rings. The predicted octanol–water partition coefficient (Wildman–Crippen LogP) is 2.44. The Labute approximate surface area is 145 Å². The van der Waals surface area contributed by atoms with Gasteiger partial charge in [0.1, 0.15) is 5.65 Å². The van der Waals surface area contributed by atoms with E-state index in [1.165, 1.54) is 0 Å². The van der Waals surface area contributed by atoms with Gasteiger partial charge in [-0.05, 0) is 44.2 Å². The quantitative estimate of drug-likeness (QED) is 0.833. The van der Waals surface area contributed by atoms with Crippen LogP contribution in [0, 0.1) is 18.8 Å². The molecule has 0 bridgehead atoms. The summed E-state index contributed by atoms with van der Waals surface area (Å²) in [5.74, 6) is -0.815. The number of carbonyl (C=O) groups excluding carboxylic acids is 1. The maximum Gasteiger partial charge on any atom is 0.319 e. The van der Waals surface area contributed by atoms with Crippen molar-refractivity contribution < 1.29 is 9.90 Å². The number of nitroso groups, excluding NO2 is 1. The highest BCUT2D eigenvalue weighted by molar-refractivity contribution is 6.09. The van der Waals surface area contributed by atoms with Gasteiger partial charge in [0.05, 0.1) is 18.2 Å². The third-order valence-corrected chi connectivity index (χ3v) is 4.48. The SMILES string of the molecule is Cc1c(C2=CC=CNC2)cnc2c1c(C(=O)N=O)c(C)n2CC(C)O. The van der Waals surface area contributed by atoms with E-state index in [9.17, 15) is 14.8 Å². The minimum absolute atomic E-state index is 0.261. The van der Waals surface area contributed by atoms with Gasteiger partial charge in [-0.1, -0.05) is 6.08 Å². The number of nitrogens with zero attached hydrogens (tertiary/aromatic N) is 3. The van der Waals surface area contributed by atoms with Crippen molar-refractivity contribution in [3.8, 4) is 0 Å². The number of rotatable bonds is 4. The van der Waals surface area contributed by atoms with Gasteiger partial charge < -0.3 is 15.0 Å². The van der Waals surface area contributed by atoms with Crippen LogP contribution in [0.15, 0.2) is 29.7 Å². The fourth-order valence-electron chi connectivity index (χ4n) is 3.33. The van der Waals surface area contributed by atoms with Crippen molar-refractivity contribution in [2.24, 2.45) is 5.18 Å². The molecule has 0 saturated heterocycles. The highest BCUT2D eigenvalue weighted by atomic mass is 16.3. The summed E-state index contributed by atoms with van der Waals surface area (Å²) >= 11 is 0. The molecule has 0 radical (unpaired) electrons. The second kappa shape index (κ2) is 6.60. The molecule has 3 rings (SSSR count). The van der Waals surface area contributed by atoms with E-state index in [1.807, 2.05) is 25.3 Å². The van der Waals surface area contributed by atoms with E-state index in [2.05, 4.69) is 15.5 Å². The zero-order valence-electron chi connectivity index (χ0n) is 14.4. The first kappa shape index (κ1) is 17.0. The van der Waals surface area contributed by atoms with Gasteiger partial charge in [-0.25, -0.2) is 4.98 Å². The summed E-state index contributed by atoms with van der Waals surface area (Å²) in [6, 6.07) is 0. The monoisotopic (exact) mass is 340 g/mol. The summed E-state index contributed by atoms with van der Waals surface area (Å²) in [4.78, 5) is 27.6. The molecule has 1 aliphatic rings. The molecule has 2 aromatic heterocycles. The highest BCUT2D eigenvalue weighted by Gasteiger charge is 2.25. The maximum atomic E-state index is 12.2. The molecule has 0 aromatic carbocycles. The molecule has 25 heavy (non-hydrogen) atoms. The van der Waals surface area contributed by atoms with Crippen LogP contribution in [0.3, 0.4) is 0 Å². The van der Waals surface area contributed by atoms with E-state index >= 15 is 0 Å². The Morgan fingerprint density at radius 2 is 2.24 bits per heavy atom. The van der Waals surface area contributed by atoms with Gasteiger partial charge in [0.25, 0.3) is 0 Å². The number of allylic oxidation sites excluding steroid dienone is 2. The molecule has 130 valence electrons. The number of aliphatic hydroxyl groups excluding tert-OH is 1. The Morgan fingerprint density at radius 3 is 2.84 bits per heavy atom. The number of aliphatic hydroxyl groups is 1. The fourth-order valence-corrected chi connectivity index (χ4v) is 3.33. The second-order valence-corrected chi connectivity index (χ2v) is 6.24. The Hall–Kier alpha value is -2.80. The van der Waals surface area contributed by atoms with Crippen LogP contribution in [-0.2, 0) is 6.54 Å². The molecule has 1 atom stereocenters. The van der Waals surface area contributed by atoms with Crippen LogP contribution in [0.2, 0.25) is 0 Å². The molecule has 3 heterocycles. The first-order valence-electron chi connectivity index (χ1n) is 8.09. The van der Waals surface area contributed by atoms with E-state index in [-0.39, 0.29) is 12.1 Å². The Morgan fingerprint density at radius 1 is 1.48 bits per heavy atom. The van der Waals surface area contributed by atoms with Crippen molar-refractivity contribution in [2.75, 3.05) is 6.54 Å². The van der Waals surface area contributed by atoms with Crippen LogP contribution in [0.5, 0.6) is 0 Å². The molecule has 0 aliphatic carbocycles. The van der Waals surface area contributed by atoms with E-state index < -0.39 is 12.0 Å². The first-order chi connectivity index (χ1) is 12.0. The minimum Gasteiger partial charge on any atom is -0.392 e. The topological polar surface area (TPSA) is 96.6 Å². The lowest BCUT2D eigenvalue weighted by Crippen LogP contribution is -2.14. The number of pyridine rings is 1. The molecule has 7 nitrogen and oxygen atoms in total. The van der Waals surface area contributed by atoms with Crippen molar-refractivity contribution in [2.45, 2.75) is 33.4 Å². The highest BCUT2D eigenvalue weighted by Crippen LogP contribution is 2.32. The number of aryl methyl sites for hydroxylation is 1. The number of hydrogen-bond acceptors (Lipinski definition) is 5. The van der Waals surface area contributed by atoms with Crippen LogP contribution < -0.4 is 5.32 Å². The Balaban J connectivity index is 2.32. The van der Waals surface area contributed by atoms with E-state index in [4.69, 9.17) is 0 Å². The van der Waals surface area contributed by atoms with Crippen LogP contribution in [-0.4, -0.2) is 33.2 Å². The Bertz CT molecular complexity index is 922. The van der Waals surface area contributed by atoms with Crippen LogP contribution >= 0.6 is 0 Å². The van der Waals surface area contributed by atoms with Gasteiger partial charge in [-0.2, -0.15) is 0 Å². The predicted molar refractivity (Wildman–Crippen MR) is 96.1 cm³/mol. The van der Waals surface area contributed by atoms with Crippen LogP contribution in [0.4, 0.5) is 0 Å².